The number of ether oxygens (including phenoxy) is 1. The Morgan fingerprint density at radius 1 is 1.16 bits per heavy atom. The van der Waals surface area contributed by atoms with E-state index < -0.39 is 0 Å². The number of benzene rings is 1. The topological polar surface area (TPSA) is 47.3 Å². The molecular formula is C15H20N2O2. The molecule has 0 aliphatic heterocycles. The third kappa shape index (κ3) is 3.28. The number of hydrogen-bond acceptors (Lipinski definition) is 4. The molecule has 1 aromatic heterocycles. The quantitative estimate of drug-likeness (QED) is 0.888. The number of hydrogen-bond donors (Lipinski definition) is 1. The van der Waals surface area contributed by atoms with Crippen molar-refractivity contribution in [1.29, 1.82) is 0 Å². The highest BCUT2D eigenvalue weighted by Crippen LogP contribution is 2.25. The van der Waals surface area contributed by atoms with Crippen LogP contribution in [0.2, 0.25) is 0 Å². The number of methoxy groups -OCH3 is 1. The molecule has 0 fully saturated rings. The summed E-state index contributed by atoms with van der Waals surface area (Å²) in [5, 5.41) is 7.36. The standard InChI is InChI=1S/C15H20N2O2/c1-10(2)11(3)16-15-9-14(19-17-15)12-5-7-13(18-4)8-6-12/h5-11H,1-4H3,(H,16,17). The first-order chi connectivity index (χ1) is 9.10. The molecule has 0 saturated carbocycles. The van der Waals surface area contributed by atoms with E-state index in [1.807, 2.05) is 30.3 Å². The Labute approximate surface area is 113 Å². The molecule has 2 aromatic rings. The lowest BCUT2D eigenvalue weighted by atomic mass is 10.1. The number of anilines is 1. The van der Waals surface area contributed by atoms with Crippen molar-refractivity contribution in [2.45, 2.75) is 26.8 Å². The Bertz CT molecular complexity index is 517. The average Bonchev–Trinajstić information content (AvgIpc) is 2.87. The molecule has 0 spiro atoms. The van der Waals surface area contributed by atoms with Crippen molar-refractivity contribution in [1.82, 2.24) is 5.16 Å². The van der Waals surface area contributed by atoms with Crippen LogP contribution >= 0.6 is 0 Å². The summed E-state index contributed by atoms with van der Waals surface area (Å²) in [7, 11) is 1.65. The van der Waals surface area contributed by atoms with Gasteiger partial charge >= 0.3 is 0 Å². The van der Waals surface area contributed by atoms with E-state index in [9.17, 15) is 0 Å². The van der Waals surface area contributed by atoms with Crippen LogP contribution in [0.1, 0.15) is 20.8 Å². The van der Waals surface area contributed by atoms with Gasteiger partial charge in [-0.25, -0.2) is 0 Å². The van der Waals surface area contributed by atoms with E-state index in [4.69, 9.17) is 9.26 Å². The van der Waals surface area contributed by atoms with E-state index in [1.54, 1.807) is 7.11 Å². The molecule has 1 atom stereocenters. The molecule has 0 aliphatic rings. The second kappa shape index (κ2) is 5.78. The molecule has 102 valence electrons. The molecular weight excluding hydrogens is 240 g/mol. The van der Waals surface area contributed by atoms with Crippen LogP contribution in [0.3, 0.4) is 0 Å². The minimum Gasteiger partial charge on any atom is -0.497 e. The first-order valence-electron chi connectivity index (χ1n) is 6.48. The van der Waals surface area contributed by atoms with E-state index in [0.717, 1.165) is 22.9 Å². The lowest BCUT2D eigenvalue weighted by Gasteiger charge is -2.15. The van der Waals surface area contributed by atoms with Gasteiger partial charge in [0.2, 0.25) is 0 Å². The fourth-order valence-electron chi connectivity index (χ4n) is 1.63. The molecule has 0 radical (unpaired) electrons. The molecule has 0 bridgehead atoms. The van der Waals surface area contributed by atoms with Crippen molar-refractivity contribution in [2.24, 2.45) is 5.92 Å². The summed E-state index contributed by atoms with van der Waals surface area (Å²) in [5.41, 5.74) is 0.985. The van der Waals surface area contributed by atoms with Gasteiger partial charge in [0.05, 0.1) is 7.11 Å². The van der Waals surface area contributed by atoms with E-state index in [-0.39, 0.29) is 0 Å². The van der Waals surface area contributed by atoms with E-state index in [0.29, 0.717) is 12.0 Å². The molecule has 2 rings (SSSR count). The number of nitrogens with zero attached hydrogens (tertiary/aromatic N) is 1. The van der Waals surface area contributed by atoms with Crippen LogP contribution in [0.4, 0.5) is 5.82 Å². The van der Waals surface area contributed by atoms with E-state index in [2.05, 4.69) is 31.2 Å². The maximum atomic E-state index is 5.35. The highest BCUT2D eigenvalue weighted by atomic mass is 16.5. The fourth-order valence-corrected chi connectivity index (χ4v) is 1.63. The minimum absolute atomic E-state index is 0.355. The van der Waals surface area contributed by atoms with Gasteiger partial charge < -0.3 is 14.6 Å². The molecule has 1 N–H and O–H groups in total. The average molecular weight is 260 g/mol. The molecule has 19 heavy (non-hydrogen) atoms. The largest absolute Gasteiger partial charge is 0.497 e. The first-order valence-corrected chi connectivity index (χ1v) is 6.48. The van der Waals surface area contributed by atoms with Crippen molar-refractivity contribution in [3.05, 3.63) is 30.3 Å². The van der Waals surface area contributed by atoms with E-state index >= 15 is 0 Å². The van der Waals surface area contributed by atoms with Gasteiger partial charge in [0, 0.05) is 17.7 Å². The van der Waals surface area contributed by atoms with Gasteiger partial charge in [-0.3, -0.25) is 0 Å². The highest BCUT2D eigenvalue weighted by Gasteiger charge is 2.11. The molecule has 0 amide bonds. The van der Waals surface area contributed by atoms with Gasteiger partial charge in [-0.05, 0) is 37.1 Å². The third-order valence-corrected chi connectivity index (χ3v) is 3.26. The zero-order valence-electron chi connectivity index (χ0n) is 11.8. The Morgan fingerprint density at radius 3 is 2.42 bits per heavy atom. The van der Waals surface area contributed by atoms with Crippen LogP contribution in [0.5, 0.6) is 5.75 Å². The molecule has 0 aliphatic carbocycles. The van der Waals surface area contributed by atoms with Crippen LogP contribution < -0.4 is 10.1 Å². The van der Waals surface area contributed by atoms with Crippen LogP contribution in [-0.2, 0) is 0 Å². The maximum Gasteiger partial charge on any atom is 0.170 e. The van der Waals surface area contributed by atoms with Crippen molar-refractivity contribution in [3.63, 3.8) is 0 Å². The normalized spacial score (nSPS) is 12.5. The zero-order valence-corrected chi connectivity index (χ0v) is 11.8. The summed E-state index contributed by atoms with van der Waals surface area (Å²) in [6, 6.07) is 9.99. The van der Waals surface area contributed by atoms with E-state index in [1.165, 1.54) is 0 Å². The van der Waals surface area contributed by atoms with Crippen LogP contribution in [-0.4, -0.2) is 18.3 Å². The third-order valence-electron chi connectivity index (χ3n) is 3.26. The molecule has 0 saturated heterocycles. The van der Waals surface area contributed by atoms with Gasteiger partial charge in [-0.15, -0.1) is 0 Å². The monoisotopic (exact) mass is 260 g/mol. The Morgan fingerprint density at radius 2 is 1.84 bits per heavy atom. The highest BCUT2D eigenvalue weighted by molar-refractivity contribution is 5.61. The number of aromatic nitrogens is 1. The molecule has 1 aromatic carbocycles. The smallest absolute Gasteiger partial charge is 0.170 e. The summed E-state index contributed by atoms with van der Waals surface area (Å²) >= 11 is 0. The minimum atomic E-state index is 0.355. The summed E-state index contributed by atoms with van der Waals surface area (Å²) in [6.45, 7) is 6.47. The summed E-state index contributed by atoms with van der Waals surface area (Å²) < 4.78 is 10.5. The predicted molar refractivity (Wildman–Crippen MR) is 76.4 cm³/mol. The predicted octanol–water partition coefficient (Wildman–Crippen LogP) is 3.81. The van der Waals surface area contributed by atoms with Gasteiger partial charge in [0.1, 0.15) is 5.75 Å². The number of nitrogens with one attached hydrogen (secondary N) is 1. The fraction of sp³-hybridized carbons (Fsp3) is 0.400. The number of rotatable bonds is 5. The van der Waals surface area contributed by atoms with Crippen molar-refractivity contribution in [2.75, 3.05) is 12.4 Å². The van der Waals surface area contributed by atoms with Crippen LogP contribution in [0, 0.1) is 5.92 Å². The summed E-state index contributed by atoms with van der Waals surface area (Å²) in [5.74, 6) is 2.89. The Balaban J connectivity index is 2.11. The summed E-state index contributed by atoms with van der Waals surface area (Å²) in [6.07, 6.45) is 0. The summed E-state index contributed by atoms with van der Waals surface area (Å²) in [4.78, 5) is 0. The van der Waals surface area contributed by atoms with Gasteiger partial charge in [-0.2, -0.15) is 0 Å². The van der Waals surface area contributed by atoms with Gasteiger partial charge in [0.15, 0.2) is 11.6 Å². The lowest BCUT2D eigenvalue weighted by molar-refractivity contribution is 0.414. The maximum absolute atomic E-state index is 5.35. The Kier molecular flexibility index (Phi) is 4.10. The Hall–Kier alpha value is -1.97. The SMILES string of the molecule is COc1ccc(-c2cc(NC(C)C(C)C)no2)cc1. The molecule has 1 heterocycles. The second-order valence-electron chi connectivity index (χ2n) is 4.98. The van der Waals surface area contributed by atoms with Gasteiger partial charge in [0.25, 0.3) is 0 Å². The van der Waals surface area contributed by atoms with Gasteiger partial charge in [-0.1, -0.05) is 19.0 Å². The van der Waals surface area contributed by atoms with Crippen molar-refractivity contribution in [3.8, 4) is 17.1 Å². The molecule has 1 unspecified atom stereocenters. The second-order valence-corrected chi connectivity index (χ2v) is 4.98. The van der Waals surface area contributed by atoms with Crippen LogP contribution in [0.15, 0.2) is 34.9 Å². The van der Waals surface area contributed by atoms with Crippen molar-refractivity contribution >= 4 is 5.82 Å². The van der Waals surface area contributed by atoms with Crippen molar-refractivity contribution < 1.29 is 9.26 Å². The molecule has 4 nitrogen and oxygen atoms in total. The lowest BCUT2D eigenvalue weighted by Crippen LogP contribution is -2.21. The molecule has 4 heteroatoms. The zero-order chi connectivity index (χ0) is 13.8. The first kappa shape index (κ1) is 13.5. The van der Waals surface area contributed by atoms with Crippen LogP contribution in [0.25, 0.3) is 11.3 Å².